The molecule has 6 nitrogen and oxygen atoms in total. The Labute approximate surface area is 178 Å². The second kappa shape index (κ2) is 7.94. The Balaban J connectivity index is 1.76. The molecule has 31 heavy (non-hydrogen) atoms. The maximum Gasteiger partial charge on any atom is 0.270 e. The first kappa shape index (κ1) is 20.7. The summed E-state index contributed by atoms with van der Waals surface area (Å²) >= 11 is 0. The number of hydrogen-bond donors (Lipinski definition) is 2. The third-order valence-electron chi connectivity index (χ3n) is 5.32. The van der Waals surface area contributed by atoms with Gasteiger partial charge in [-0.1, -0.05) is 36.4 Å². The number of carbonyl (C=O) groups excluding carboxylic acids is 2. The lowest BCUT2D eigenvalue weighted by Crippen LogP contribution is -2.24. The van der Waals surface area contributed by atoms with E-state index in [0.717, 1.165) is 18.2 Å². The molecule has 2 aromatic carbocycles. The molecule has 1 saturated heterocycles. The lowest BCUT2D eigenvalue weighted by Gasteiger charge is -2.13. The third kappa shape index (κ3) is 4.33. The molecule has 2 heterocycles. The molecule has 0 aliphatic carbocycles. The molecule has 2 N–H and O–H groups in total. The Morgan fingerprint density at radius 1 is 1.19 bits per heavy atom. The number of aryl methyl sites for hydroxylation is 1. The number of alkyl halides is 2. The molecule has 0 unspecified atom stereocenters. The van der Waals surface area contributed by atoms with E-state index in [9.17, 15) is 18.4 Å². The maximum absolute atomic E-state index is 13.9. The first-order chi connectivity index (χ1) is 14.7. The predicted octanol–water partition coefficient (Wildman–Crippen LogP) is 4.03. The summed E-state index contributed by atoms with van der Waals surface area (Å²) in [5, 5.41) is 9.93. The van der Waals surface area contributed by atoms with Crippen LogP contribution in [0.2, 0.25) is 0 Å². The quantitative estimate of drug-likeness (QED) is 0.649. The number of hydrogen-bond acceptors (Lipinski definition) is 3. The minimum absolute atomic E-state index is 0.108. The van der Waals surface area contributed by atoms with Crippen molar-refractivity contribution in [2.24, 2.45) is 5.92 Å². The molecular weight excluding hydrogens is 402 g/mol. The van der Waals surface area contributed by atoms with Crippen LogP contribution in [-0.4, -0.2) is 28.1 Å². The summed E-state index contributed by atoms with van der Waals surface area (Å²) in [6, 6.07) is 15.3. The van der Waals surface area contributed by atoms with Crippen LogP contribution in [0.5, 0.6) is 0 Å². The van der Waals surface area contributed by atoms with Gasteiger partial charge in [0, 0.05) is 37.1 Å². The highest BCUT2D eigenvalue weighted by atomic mass is 19.3. The standard InChI is InChI=1S/C23H22F2N4O2/c1-14-6-3-4-9-18(14)29-19(15-7-5-8-17(10-15)23(2,24)25)12-20(28-29)27-22(31)16-11-21(30)26-13-16/h3-10,12,16H,11,13H2,1-2H3,(H,26,30)(H,27,28,31)/t16-/m1/s1. The van der Waals surface area contributed by atoms with Crippen molar-refractivity contribution in [2.45, 2.75) is 26.2 Å². The average molecular weight is 424 g/mol. The van der Waals surface area contributed by atoms with Gasteiger partial charge in [0.15, 0.2) is 5.82 Å². The Morgan fingerprint density at radius 3 is 2.65 bits per heavy atom. The van der Waals surface area contributed by atoms with E-state index in [1.807, 2.05) is 31.2 Å². The summed E-state index contributed by atoms with van der Waals surface area (Å²) in [4.78, 5) is 24.0. The topological polar surface area (TPSA) is 76.0 Å². The van der Waals surface area contributed by atoms with Gasteiger partial charge in [0.05, 0.1) is 17.3 Å². The molecule has 0 spiro atoms. The first-order valence-corrected chi connectivity index (χ1v) is 9.95. The van der Waals surface area contributed by atoms with E-state index in [1.54, 1.807) is 22.9 Å². The number of carbonyl (C=O) groups is 2. The van der Waals surface area contributed by atoms with Gasteiger partial charge in [-0.25, -0.2) is 13.5 Å². The normalized spacial score (nSPS) is 16.3. The number of anilines is 1. The van der Waals surface area contributed by atoms with E-state index in [1.165, 1.54) is 12.1 Å². The van der Waals surface area contributed by atoms with Gasteiger partial charge in [-0.2, -0.15) is 0 Å². The van der Waals surface area contributed by atoms with Crippen molar-refractivity contribution < 1.29 is 18.4 Å². The summed E-state index contributed by atoms with van der Waals surface area (Å²) < 4.78 is 29.4. The summed E-state index contributed by atoms with van der Waals surface area (Å²) in [5.74, 6) is -3.64. The molecule has 0 saturated carbocycles. The number of para-hydroxylation sites is 1. The number of nitrogens with one attached hydrogen (secondary N) is 2. The van der Waals surface area contributed by atoms with Crippen LogP contribution >= 0.6 is 0 Å². The monoisotopic (exact) mass is 424 g/mol. The molecule has 8 heteroatoms. The van der Waals surface area contributed by atoms with Crippen LogP contribution in [0.1, 0.15) is 24.5 Å². The molecule has 160 valence electrons. The average Bonchev–Trinajstić information content (AvgIpc) is 3.34. The summed E-state index contributed by atoms with van der Waals surface area (Å²) in [5.41, 5.74) is 2.71. The molecule has 1 aliphatic rings. The van der Waals surface area contributed by atoms with Crippen LogP contribution in [0.25, 0.3) is 16.9 Å². The Bertz CT molecular complexity index is 1150. The number of aromatic nitrogens is 2. The lowest BCUT2D eigenvalue weighted by molar-refractivity contribution is -0.123. The van der Waals surface area contributed by atoms with Crippen LogP contribution in [0.4, 0.5) is 14.6 Å². The summed E-state index contributed by atoms with van der Waals surface area (Å²) in [6.45, 7) is 3.06. The van der Waals surface area contributed by atoms with E-state index >= 15 is 0 Å². The van der Waals surface area contributed by atoms with Crippen LogP contribution in [0, 0.1) is 12.8 Å². The fourth-order valence-electron chi connectivity index (χ4n) is 3.60. The van der Waals surface area contributed by atoms with Crippen molar-refractivity contribution in [1.29, 1.82) is 0 Å². The fraction of sp³-hybridized carbons (Fsp3) is 0.261. The SMILES string of the molecule is Cc1ccccc1-n1nc(NC(=O)[C@H]2CNC(=O)C2)cc1-c1cccc(C(C)(F)F)c1. The zero-order chi connectivity index (χ0) is 22.2. The minimum Gasteiger partial charge on any atom is -0.355 e. The molecule has 3 aromatic rings. The van der Waals surface area contributed by atoms with Crippen molar-refractivity contribution >= 4 is 17.6 Å². The lowest BCUT2D eigenvalue weighted by atomic mass is 10.0. The number of nitrogens with zero attached hydrogens (tertiary/aromatic N) is 2. The molecule has 1 fully saturated rings. The van der Waals surface area contributed by atoms with E-state index in [0.29, 0.717) is 11.3 Å². The zero-order valence-electron chi connectivity index (χ0n) is 17.2. The zero-order valence-corrected chi connectivity index (χ0v) is 17.2. The third-order valence-corrected chi connectivity index (χ3v) is 5.32. The molecule has 1 aliphatic heterocycles. The van der Waals surface area contributed by atoms with Crippen LogP contribution < -0.4 is 10.6 Å². The molecule has 1 atom stereocenters. The second-order valence-electron chi connectivity index (χ2n) is 7.78. The van der Waals surface area contributed by atoms with Crippen LogP contribution in [0.15, 0.2) is 54.6 Å². The molecule has 0 radical (unpaired) electrons. The number of halogens is 2. The highest BCUT2D eigenvalue weighted by Gasteiger charge is 2.29. The molecule has 4 rings (SSSR count). The summed E-state index contributed by atoms with van der Waals surface area (Å²) in [7, 11) is 0. The van der Waals surface area contributed by atoms with Gasteiger partial charge in [-0.05, 0) is 24.6 Å². The van der Waals surface area contributed by atoms with Crippen LogP contribution in [-0.2, 0) is 15.5 Å². The van der Waals surface area contributed by atoms with Gasteiger partial charge >= 0.3 is 0 Å². The van der Waals surface area contributed by atoms with Crippen molar-refractivity contribution in [1.82, 2.24) is 15.1 Å². The second-order valence-corrected chi connectivity index (χ2v) is 7.78. The maximum atomic E-state index is 13.9. The molecule has 0 bridgehead atoms. The van der Waals surface area contributed by atoms with E-state index < -0.39 is 11.8 Å². The fourth-order valence-corrected chi connectivity index (χ4v) is 3.60. The van der Waals surface area contributed by atoms with Crippen molar-refractivity contribution in [2.75, 3.05) is 11.9 Å². The predicted molar refractivity (Wildman–Crippen MR) is 113 cm³/mol. The van der Waals surface area contributed by atoms with Gasteiger partial charge in [0.1, 0.15) is 0 Å². The van der Waals surface area contributed by atoms with E-state index in [2.05, 4.69) is 15.7 Å². The molecule has 2 amide bonds. The highest BCUT2D eigenvalue weighted by Crippen LogP contribution is 2.33. The Morgan fingerprint density at radius 2 is 1.97 bits per heavy atom. The largest absolute Gasteiger partial charge is 0.355 e. The Hall–Kier alpha value is -3.55. The Kier molecular flexibility index (Phi) is 5.31. The van der Waals surface area contributed by atoms with Crippen molar-refractivity contribution in [3.63, 3.8) is 0 Å². The van der Waals surface area contributed by atoms with Crippen molar-refractivity contribution in [3.05, 3.63) is 65.7 Å². The van der Waals surface area contributed by atoms with Gasteiger partial charge in [0.25, 0.3) is 5.92 Å². The van der Waals surface area contributed by atoms with Gasteiger partial charge < -0.3 is 10.6 Å². The minimum atomic E-state index is -2.98. The number of benzene rings is 2. The van der Waals surface area contributed by atoms with E-state index in [4.69, 9.17) is 0 Å². The molecule has 1 aromatic heterocycles. The first-order valence-electron chi connectivity index (χ1n) is 9.95. The number of rotatable bonds is 5. The summed E-state index contributed by atoms with van der Waals surface area (Å²) in [6.07, 6.45) is 0.130. The highest BCUT2D eigenvalue weighted by molar-refractivity contribution is 5.97. The van der Waals surface area contributed by atoms with Gasteiger partial charge in [-0.15, -0.1) is 5.10 Å². The van der Waals surface area contributed by atoms with Crippen molar-refractivity contribution in [3.8, 4) is 16.9 Å². The van der Waals surface area contributed by atoms with Crippen LogP contribution in [0.3, 0.4) is 0 Å². The smallest absolute Gasteiger partial charge is 0.270 e. The van der Waals surface area contributed by atoms with Gasteiger partial charge in [-0.3, -0.25) is 9.59 Å². The number of amides is 2. The van der Waals surface area contributed by atoms with Gasteiger partial charge in [0.2, 0.25) is 11.8 Å². The van der Waals surface area contributed by atoms with E-state index in [-0.39, 0.29) is 36.2 Å². The molecular formula is C23H22F2N4O2.